The van der Waals surface area contributed by atoms with E-state index in [-0.39, 0.29) is 5.91 Å². The molecular weight excluding hydrogens is 264 g/mol. The highest BCUT2D eigenvalue weighted by Crippen LogP contribution is 2.16. The molecule has 4 heteroatoms. The zero-order valence-electron chi connectivity index (χ0n) is 13.3. The van der Waals surface area contributed by atoms with E-state index >= 15 is 0 Å². The number of quaternary nitrogens is 1. The molecule has 1 aromatic carbocycles. The van der Waals surface area contributed by atoms with Gasteiger partial charge in [0.15, 0.2) is 0 Å². The van der Waals surface area contributed by atoms with Crippen molar-refractivity contribution in [1.82, 2.24) is 0 Å². The summed E-state index contributed by atoms with van der Waals surface area (Å²) < 4.78 is 5.16. The Kier molecular flexibility index (Phi) is 5.62. The first-order chi connectivity index (χ1) is 10.1. The molecule has 1 amide bonds. The average Bonchev–Trinajstić information content (AvgIpc) is 2.44. The number of hydrogen-bond acceptors (Lipinski definition) is 2. The van der Waals surface area contributed by atoms with Gasteiger partial charge in [0, 0.05) is 23.6 Å². The Balaban J connectivity index is 1.79. The van der Waals surface area contributed by atoms with E-state index in [2.05, 4.69) is 19.2 Å². The highest BCUT2D eigenvalue weighted by Gasteiger charge is 2.25. The number of benzene rings is 1. The van der Waals surface area contributed by atoms with Crippen molar-refractivity contribution in [1.29, 1.82) is 0 Å². The number of anilines is 1. The van der Waals surface area contributed by atoms with Crippen LogP contribution in [0.4, 0.5) is 5.69 Å². The van der Waals surface area contributed by atoms with Gasteiger partial charge < -0.3 is 15.0 Å². The fraction of sp³-hybridized carbons (Fsp3) is 0.588. The van der Waals surface area contributed by atoms with Gasteiger partial charge in [0.05, 0.1) is 33.2 Å². The number of piperidine rings is 1. The summed E-state index contributed by atoms with van der Waals surface area (Å²) in [5.74, 6) is 2.38. The van der Waals surface area contributed by atoms with Crippen LogP contribution in [0.2, 0.25) is 0 Å². The normalized spacial score (nSPS) is 25.4. The van der Waals surface area contributed by atoms with Gasteiger partial charge in [-0.2, -0.15) is 0 Å². The minimum atomic E-state index is 0.0848. The molecule has 2 rings (SSSR count). The maximum absolute atomic E-state index is 12.1. The van der Waals surface area contributed by atoms with Crippen LogP contribution in [-0.2, 0) is 4.79 Å². The molecular formula is C17H27N2O2+. The Bertz CT molecular complexity index is 466. The van der Waals surface area contributed by atoms with Crippen molar-refractivity contribution >= 4 is 11.6 Å². The van der Waals surface area contributed by atoms with Gasteiger partial charge in [-0.1, -0.05) is 19.9 Å². The van der Waals surface area contributed by atoms with Crippen molar-refractivity contribution in [2.45, 2.75) is 26.7 Å². The Labute approximate surface area is 127 Å². The van der Waals surface area contributed by atoms with Gasteiger partial charge in [-0.15, -0.1) is 0 Å². The van der Waals surface area contributed by atoms with E-state index in [1.54, 1.807) is 12.0 Å². The first-order valence-electron chi connectivity index (χ1n) is 7.84. The third-order valence-electron chi connectivity index (χ3n) is 4.14. The number of carbonyl (C=O) groups excluding carboxylic acids is 1. The van der Waals surface area contributed by atoms with Gasteiger partial charge >= 0.3 is 0 Å². The second-order valence-corrected chi connectivity index (χ2v) is 6.38. The van der Waals surface area contributed by atoms with E-state index in [9.17, 15) is 4.79 Å². The predicted molar refractivity (Wildman–Crippen MR) is 84.7 cm³/mol. The average molecular weight is 291 g/mol. The largest absolute Gasteiger partial charge is 0.497 e. The van der Waals surface area contributed by atoms with Gasteiger partial charge in [0.25, 0.3) is 0 Å². The molecule has 1 fully saturated rings. The molecule has 1 aliphatic rings. The van der Waals surface area contributed by atoms with Gasteiger partial charge in [0.2, 0.25) is 5.91 Å². The van der Waals surface area contributed by atoms with E-state index < -0.39 is 0 Å². The maximum atomic E-state index is 12.1. The van der Waals surface area contributed by atoms with Gasteiger partial charge in [-0.25, -0.2) is 0 Å². The fourth-order valence-corrected chi connectivity index (χ4v) is 3.34. The summed E-state index contributed by atoms with van der Waals surface area (Å²) in [5, 5.41) is 2.95. The van der Waals surface area contributed by atoms with Crippen LogP contribution in [0.5, 0.6) is 5.75 Å². The van der Waals surface area contributed by atoms with E-state index in [1.165, 1.54) is 19.5 Å². The molecule has 1 saturated heterocycles. The summed E-state index contributed by atoms with van der Waals surface area (Å²) in [5.41, 5.74) is 0.801. The molecule has 116 valence electrons. The van der Waals surface area contributed by atoms with Crippen LogP contribution in [-0.4, -0.2) is 32.7 Å². The molecule has 2 atom stereocenters. The summed E-state index contributed by atoms with van der Waals surface area (Å²) in [6.45, 7) is 7.93. The number of likely N-dealkylation sites (tertiary alicyclic amines) is 1. The van der Waals surface area contributed by atoms with Crippen molar-refractivity contribution in [2.24, 2.45) is 11.8 Å². The maximum Gasteiger partial charge on any atom is 0.230 e. The first kappa shape index (κ1) is 15.8. The zero-order valence-corrected chi connectivity index (χ0v) is 13.3. The number of amides is 1. The second-order valence-electron chi connectivity index (χ2n) is 6.38. The van der Waals surface area contributed by atoms with E-state index in [1.807, 2.05) is 24.3 Å². The molecule has 0 aromatic heterocycles. The number of carbonyl (C=O) groups is 1. The molecule has 1 heterocycles. The van der Waals surface area contributed by atoms with Gasteiger partial charge in [-0.3, -0.25) is 4.79 Å². The molecule has 0 unspecified atom stereocenters. The second kappa shape index (κ2) is 7.46. The Morgan fingerprint density at radius 2 is 2.05 bits per heavy atom. The number of nitrogens with one attached hydrogen (secondary N) is 2. The Hall–Kier alpha value is -1.55. The van der Waals surface area contributed by atoms with Gasteiger partial charge in [-0.05, 0) is 18.6 Å². The number of rotatable bonds is 5. The SMILES string of the molecule is COc1cccc(NC(=O)CC[NH+]2C[C@@H](C)C[C@H](C)C2)c1. The van der Waals surface area contributed by atoms with Crippen LogP contribution >= 0.6 is 0 Å². The zero-order chi connectivity index (χ0) is 15.2. The van der Waals surface area contributed by atoms with Crippen LogP contribution < -0.4 is 15.0 Å². The van der Waals surface area contributed by atoms with Crippen molar-refractivity contribution in [3.05, 3.63) is 24.3 Å². The smallest absolute Gasteiger partial charge is 0.230 e. The molecule has 0 spiro atoms. The molecule has 1 aromatic rings. The van der Waals surface area contributed by atoms with Crippen LogP contribution in [0.25, 0.3) is 0 Å². The van der Waals surface area contributed by atoms with Gasteiger partial charge in [0.1, 0.15) is 5.75 Å². The van der Waals surface area contributed by atoms with Crippen LogP contribution in [0.1, 0.15) is 26.7 Å². The molecule has 0 bridgehead atoms. The lowest BCUT2D eigenvalue weighted by Crippen LogP contribution is -3.14. The summed E-state index contributed by atoms with van der Waals surface area (Å²) in [6, 6.07) is 7.48. The topological polar surface area (TPSA) is 42.8 Å². The van der Waals surface area contributed by atoms with Crippen molar-refractivity contribution in [2.75, 3.05) is 32.1 Å². The van der Waals surface area contributed by atoms with Crippen LogP contribution in [0.15, 0.2) is 24.3 Å². The monoisotopic (exact) mass is 291 g/mol. The number of methoxy groups -OCH3 is 1. The fourth-order valence-electron chi connectivity index (χ4n) is 3.34. The van der Waals surface area contributed by atoms with E-state index in [0.29, 0.717) is 6.42 Å². The van der Waals surface area contributed by atoms with Crippen LogP contribution in [0, 0.1) is 11.8 Å². The van der Waals surface area contributed by atoms with Crippen molar-refractivity contribution in [3.63, 3.8) is 0 Å². The Morgan fingerprint density at radius 3 is 2.71 bits per heavy atom. The molecule has 4 nitrogen and oxygen atoms in total. The molecule has 0 aliphatic carbocycles. The highest BCUT2D eigenvalue weighted by atomic mass is 16.5. The number of hydrogen-bond donors (Lipinski definition) is 2. The van der Waals surface area contributed by atoms with Crippen molar-refractivity contribution < 1.29 is 14.4 Å². The number of ether oxygens (including phenoxy) is 1. The molecule has 0 radical (unpaired) electrons. The van der Waals surface area contributed by atoms with Crippen LogP contribution in [0.3, 0.4) is 0 Å². The Morgan fingerprint density at radius 1 is 1.33 bits per heavy atom. The summed E-state index contributed by atoms with van der Waals surface area (Å²) in [4.78, 5) is 13.6. The quantitative estimate of drug-likeness (QED) is 0.865. The minimum Gasteiger partial charge on any atom is -0.497 e. The first-order valence-corrected chi connectivity index (χ1v) is 7.84. The molecule has 0 saturated carbocycles. The predicted octanol–water partition coefficient (Wildman–Crippen LogP) is 1.58. The third-order valence-corrected chi connectivity index (χ3v) is 4.14. The third kappa shape index (κ3) is 5.05. The summed E-state index contributed by atoms with van der Waals surface area (Å²) >= 11 is 0. The lowest BCUT2D eigenvalue weighted by Gasteiger charge is -2.31. The van der Waals surface area contributed by atoms with Crippen molar-refractivity contribution in [3.8, 4) is 5.75 Å². The molecule has 2 N–H and O–H groups in total. The van der Waals surface area contributed by atoms with E-state index in [0.717, 1.165) is 29.8 Å². The molecule has 21 heavy (non-hydrogen) atoms. The highest BCUT2D eigenvalue weighted by molar-refractivity contribution is 5.90. The lowest BCUT2D eigenvalue weighted by atomic mass is 9.92. The minimum absolute atomic E-state index is 0.0848. The standard InChI is InChI=1S/C17H26N2O2/c1-13-9-14(2)12-19(11-13)8-7-17(20)18-15-5-4-6-16(10-15)21-3/h4-6,10,13-14H,7-9,11-12H2,1-3H3,(H,18,20)/p+1/t13-,14-/m0/s1. The molecule has 1 aliphatic heterocycles. The summed E-state index contributed by atoms with van der Waals surface area (Å²) in [6.07, 6.45) is 1.89. The van der Waals surface area contributed by atoms with E-state index in [4.69, 9.17) is 4.74 Å². The lowest BCUT2D eigenvalue weighted by molar-refractivity contribution is -0.911. The summed E-state index contributed by atoms with van der Waals surface area (Å²) in [7, 11) is 1.63.